The number of benzene rings is 1. The van der Waals surface area contributed by atoms with Gasteiger partial charge in [0.05, 0.1) is 22.6 Å². The van der Waals surface area contributed by atoms with Gasteiger partial charge in [-0.15, -0.1) is 0 Å². The first-order valence-corrected chi connectivity index (χ1v) is 12.7. The standard InChI is InChI=1S/C28H26F3N7/c1-3-17-6-5-7-18(4-2)24(17)38-25(20-12-19-8-10-32-26(19)33-13-20)22-16-37(11-9-23(22)36-38)27-34-14-21(15-35-27)28(29,30)31/h5-8,10,12-15H,3-4,9,11,16H2,1-2H3,(H,32,33). The number of anilines is 1. The second-order valence-corrected chi connectivity index (χ2v) is 9.40. The molecule has 0 radical (unpaired) electrons. The maximum atomic E-state index is 13.1. The molecule has 1 aliphatic heterocycles. The van der Waals surface area contributed by atoms with Gasteiger partial charge in [0.1, 0.15) is 5.65 Å². The molecule has 0 spiro atoms. The van der Waals surface area contributed by atoms with Gasteiger partial charge < -0.3 is 9.88 Å². The smallest absolute Gasteiger partial charge is 0.346 e. The minimum Gasteiger partial charge on any atom is -0.346 e. The van der Waals surface area contributed by atoms with Gasteiger partial charge in [-0.1, -0.05) is 32.0 Å². The molecule has 6 rings (SSSR count). The molecule has 5 aromatic rings. The molecule has 7 nitrogen and oxygen atoms in total. The molecule has 0 saturated heterocycles. The summed E-state index contributed by atoms with van der Waals surface area (Å²) in [6.45, 7) is 5.26. The van der Waals surface area contributed by atoms with E-state index in [0.717, 1.165) is 64.5 Å². The summed E-state index contributed by atoms with van der Waals surface area (Å²) in [5.74, 6) is 0.268. The van der Waals surface area contributed by atoms with Crippen molar-refractivity contribution in [2.45, 2.75) is 45.8 Å². The number of para-hydroxylation sites is 1. The number of fused-ring (bicyclic) bond motifs is 2. The number of alkyl halides is 3. The Morgan fingerprint density at radius 2 is 1.71 bits per heavy atom. The molecular weight excluding hydrogens is 491 g/mol. The van der Waals surface area contributed by atoms with Crippen LogP contribution in [-0.4, -0.2) is 36.3 Å². The maximum absolute atomic E-state index is 13.1. The third-order valence-electron chi connectivity index (χ3n) is 7.13. The van der Waals surface area contributed by atoms with Crippen molar-refractivity contribution in [1.82, 2.24) is 29.7 Å². The lowest BCUT2D eigenvalue weighted by Crippen LogP contribution is -2.31. The molecule has 0 aliphatic carbocycles. The molecule has 194 valence electrons. The summed E-state index contributed by atoms with van der Waals surface area (Å²) in [7, 11) is 0. The number of rotatable bonds is 5. The first-order valence-electron chi connectivity index (χ1n) is 12.7. The Labute approximate surface area is 217 Å². The number of pyridine rings is 1. The molecule has 1 N–H and O–H groups in total. The van der Waals surface area contributed by atoms with Crippen molar-refractivity contribution < 1.29 is 13.2 Å². The molecule has 0 saturated carbocycles. The lowest BCUT2D eigenvalue weighted by atomic mass is 9.99. The van der Waals surface area contributed by atoms with Crippen LogP contribution >= 0.6 is 0 Å². The molecule has 1 aliphatic rings. The van der Waals surface area contributed by atoms with Gasteiger partial charge in [-0.3, -0.25) is 0 Å². The fraction of sp³-hybridized carbons (Fsp3) is 0.286. The van der Waals surface area contributed by atoms with Crippen LogP contribution in [0.2, 0.25) is 0 Å². The zero-order valence-electron chi connectivity index (χ0n) is 21.0. The lowest BCUT2D eigenvalue weighted by molar-refractivity contribution is -0.138. The van der Waals surface area contributed by atoms with Crippen LogP contribution < -0.4 is 4.90 Å². The van der Waals surface area contributed by atoms with Crippen molar-refractivity contribution in [2.24, 2.45) is 0 Å². The van der Waals surface area contributed by atoms with Crippen LogP contribution in [0.5, 0.6) is 0 Å². The minimum atomic E-state index is -4.48. The minimum absolute atomic E-state index is 0.268. The van der Waals surface area contributed by atoms with E-state index in [1.54, 1.807) is 0 Å². The Balaban J connectivity index is 1.51. The van der Waals surface area contributed by atoms with Crippen LogP contribution in [0.4, 0.5) is 19.1 Å². The van der Waals surface area contributed by atoms with E-state index in [1.165, 1.54) is 11.1 Å². The number of H-pyrrole nitrogens is 1. The lowest BCUT2D eigenvalue weighted by Gasteiger charge is -2.27. The summed E-state index contributed by atoms with van der Waals surface area (Å²) in [6, 6.07) is 10.4. The van der Waals surface area contributed by atoms with E-state index in [9.17, 15) is 13.2 Å². The summed E-state index contributed by atoms with van der Waals surface area (Å²) in [4.78, 5) is 17.8. The van der Waals surface area contributed by atoms with Crippen molar-refractivity contribution in [2.75, 3.05) is 11.4 Å². The zero-order valence-corrected chi connectivity index (χ0v) is 21.0. The summed E-state index contributed by atoms with van der Waals surface area (Å²) in [5, 5.41) is 6.11. The zero-order chi connectivity index (χ0) is 26.4. The first-order chi connectivity index (χ1) is 18.4. The van der Waals surface area contributed by atoms with Gasteiger partial charge in [0, 0.05) is 60.8 Å². The van der Waals surface area contributed by atoms with E-state index >= 15 is 0 Å². The van der Waals surface area contributed by atoms with Gasteiger partial charge in [-0.25, -0.2) is 19.6 Å². The van der Waals surface area contributed by atoms with Crippen LogP contribution in [0.1, 0.15) is 41.8 Å². The van der Waals surface area contributed by atoms with E-state index < -0.39 is 11.7 Å². The number of aryl methyl sites for hydroxylation is 2. The highest BCUT2D eigenvalue weighted by Crippen LogP contribution is 2.36. The summed E-state index contributed by atoms with van der Waals surface area (Å²) < 4.78 is 41.2. The average Bonchev–Trinajstić information content (AvgIpc) is 3.55. The highest BCUT2D eigenvalue weighted by Gasteiger charge is 2.33. The molecule has 5 heterocycles. The number of aromatic amines is 1. The van der Waals surface area contributed by atoms with Crippen LogP contribution in [0, 0.1) is 0 Å². The maximum Gasteiger partial charge on any atom is 0.419 e. The van der Waals surface area contributed by atoms with Gasteiger partial charge in [0.2, 0.25) is 5.95 Å². The second-order valence-electron chi connectivity index (χ2n) is 9.40. The van der Waals surface area contributed by atoms with Crippen molar-refractivity contribution in [3.63, 3.8) is 0 Å². The number of nitrogens with one attached hydrogen (secondary N) is 1. The quantitative estimate of drug-likeness (QED) is 0.314. The predicted octanol–water partition coefficient (Wildman–Crippen LogP) is 5.91. The van der Waals surface area contributed by atoms with E-state index in [0.29, 0.717) is 19.5 Å². The third-order valence-corrected chi connectivity index (χ3v) is 7.13. The van der Waals surface area contributed by atoms with E-state index in [4.69, 9.17) is 5.10 Å². The Kier molecular flexibility index (Phi) is 5.89. The molecule has 0 bridgehead atoms. The summed E-state index contributed by atoms with van der Waals surface area (Å²) in [6.07, 6.45) is 3.25. The van der Waals surface area contributed by atoms with Crippen LogP contribution in [-0.2, 0) is 32.0 Å². The Hall–Kier alpha value is -4.21. The number of nitrogens with zero attached hydrogens (tertiary/aromatic N) is 6. The molecule has 4 aromatic heterocycles. The van der Waals surface area contributed by atoms with Gasteiger partial charge in [0.25, 0.3) is 0 Å². The highest BCUT2D eigenvalue weighted by atomic mass is 19.4. The van der Waals surface area contributed by atoms with Crippen LogP contribution in [0.3, 0.4) is 0 Å². The normalized spacial score (nSPS) is 13.8. The van der Waals surface area contributed by atoms with Gasteiger partial charge >= 0.3 is 6.18 Å². The Bertz CT molecular complexity index is 1590. The molecule has 0 unspecified atom stereocenters. The van der Waals surface area contributed by atoms with Gasteiger partial charge in [-0.05, 0) is 36.1 Å². The van der Waals surface area contributed by atoms with E-state index in [1.807, 2.05) is 23.4 Å². The SMILES string of the molecule is CCc1cccc(CC)c1-n1nc2c(c1-c1cnc3[nH]ccc3c1)CN(c1ncc(C(F)(F)F)cn1)CC2. The molecule has 0 amide bonds. The highest BCUT2D eigenvalue weighted by molar-refractivity contribution is 5.82. The Morgan fingerprint density at radius 1 is 0.974 bits per heavy atom. The third kappa shape index (κ3) is 4.09. The number of halogens is 3. The van der Waals surface area contributed by atoms with Crippen molar-refractivity contribution in [1.29, 1.82) is 0 Å². The largest absolute Gasteiger partial charge is 0.419 e. The van der Waals surface area contributed by atoms with Gasteiger partial charge in [-0.2, -0.15) is 18.3 Å². The average molecular weight is 518 g/mol. The monoisotopic (exact) mass is 517 g/mol. The number of aromatic nitrogens is 6. The first kappa shape index (κ1) is 24.1. The molecule has 38 heavy (non-hydrogen) atoms. The van der Waals surface area contributed by atoms with Gasteiger partial charge in [0.15, 0.2) is 0 Å². The van der Waals surface area contributed by atoms with Crippen molar-refractivity contribution >= 4 is 17.0 Å². The fourth-order valence-electron chi connectivity index (χ4n) is 5.19. The summed E-state index contributed by atoms with van der Waals surface area (Å²) in [5.41, 5.74) is 7.24. The topological polar surface area (TPSA) is 75.5 Å². The molecule has 0 atom stereocenters. The van der Waals surface area contributed by atoms with E-state index in [-0.39, 0.29) is 5.95 Å². The van der Waals surface area contributed by atoms with Crippen molar-refractivity contribution in [3.8, 4) is 16.9 Å². The van der Waals surface area contributed by atoms with Crippen LogP contribution in [0.15, 0.2) is 55.1 Å². The van der Waals surface area contributed by atoms with Crippen molar-refractivity contribution in [3.05, 3.63) is 83.1 Å². The number of hydrogen-bond acceptors (Lipinski definition) is 5. The molecule has 1 aromatic carbocycles. The second kappa shape index (κ2) is 9.27. The van der Waals surface area contributed by atoms with Crippen LogP contribution in [0.25, 0.3) is 28.0 Å². The molecular formula is C28H26F3N7. The molecule has 10 heteroatoms. The van der Waals surface area contributed by atoms with E-state index in [2.05, 4.69) is 62.7 Å². The fourth-order valence-corrected chi connectivity index (χ4v) is 5.19. The summed E-state index contributed by atoms with van der Waals surface area (Å²) >= 11 is 0. The number of hydrogen-bond donors (Lipinski definition) is 1. The Morgan fingerprint density at radius 3 is 2.39 bits per heavy atom. The predicted molar refractivity (Wildman–Crippen MR) is 139 cm³/mol. The molecule has 0 fully saturated rings.